The molecule has 1 rings (SSSR count). The summed E-state index contributed by atoms with van der Waals surface area (Å²) in [6.07, 6.45) is 3.40. The van der Waals surface area contributed by atoms with Crippen LogP contribution in [0.1, 0.15) is 45.6 Å². The van der Waals surface area contributed by atoms with Gasteiger partial charge in [0.2, 0.25) is 0 Å². The summed E-state index contributed by atoms with van der Waals surface area (Å²) in [5.41, 5.74) is 0.178. The molecule has 20 heavy (non-hydrogen) atoms. The van der Waals surface area contributed by atoms with Crippen LogP contribution >= 0.6 is 15.9 Å². The molecule has 0 spiro atoms. The second-order valence-electron chi connectivity index (χ2n) is 5.65. The van der Waals surface area contributed by atoms with E-state index in [0.29, 0.717) is 16.8 Å². The molecular formula is C16H24BrF2N. The highest BCUT2D eigenvalue weighted by molar-refractivity contribution is 9.10. The third-order valence-corrected chi connectivity index (χ3v) is 3.98. The molecule has 0 fully saturated rings. The van der Waals surface area contributed by atoms with Crippen LogP contribution in [0.3, 0.4) is 0 Å². The highest BCUT2D eigenvalue weighted by Crippen LogP contribution is 2.23. The number of hydrogen-bond donors (Lipinski definition) is 1. The lowest BCUT2D eigenvalue weighted by Crippen LogP contribution is -2.32. The maximum Gasteiger partial charge on any atom is 0.143 e. The predicted octanol–water partition coefficient (Wildman–Crippen LogP) is 5.07. The summed E-state index contributed by atoms with van der Waals surface area (Å²) in [7, 11) is 0. The van der Waals surface area contributed by atoms with Gasteiger partial charge in [-0.3, -0.25) is 0 Å². The van der Waals surface area contributed by atoms with Gasteiger partial charge in [0.25, 0.3) is 0 Å². The van der Waals surface area contributed by atoms with Crippen LogP contribution in [0.15, 0.2) is 16.6 Å². The first kappa shape index (κ1) is 17.6. The van der Waals surface area contributed by atoms with Crippen LogP contribution in [-0.2, 0) is 6.42 Å². The van der Waals surface area contributed by atoms with E-state index in [2.05, 4.69) is 42.0 Å². The molecular weight excluding hydrogens is 324 g/mol. The summed E-state index contributed by atoms with van der Waals surface area (Å²) in [4.78, 5) is 0. The lowest BCUT2D eigenvalue weighted by molar-refractivity contribution is 0.415. The van der Waals surface area contributed by atoms with Gasteiger partial charge < -0.3 is 5.32 Å². The van der Waals surface area contributed by atoms with Gasteiger partial charge in [0, 0.05) is 11.6 Å². The quantitative estimate of drug-likeness (QED) is 0.647. The lowest BCUT2D eigenvalue weighted by atomic mass is 9.97. The van der Waals surface area contributed by atoms with Gasteiger partial charge in [0.15, 0.2) is 0 Å². The molecule has 0 radical (unpaired) electrons. The fourth-order valence-corrected chi connectivity index (χ4v) is 2.53. The Morgan fingerprint density at radius 1 is 1.20 bits per heavy atom. The third kappa shape index (κ3) is 5.49. The molecule has 0 bridgehead atoms. The number of nitrogens with one attached hydrogen (secondary N) is 1. The average molecular weight is 348 g/mol. The fraction of sp³-hybridized carbons (Fsp3) is 0.625. The van der Waals surface area contributed by atoms with E-state index in [1.54, 1.807) is 0 Å². The SMILES string of the molecule is CCCNC(CCC(C)C)Cc1c(F)ccc(Br)c1F. The molecule has 0 aliphatic carbocycles. The van der Waals surface area contributed by atoms with E-state index in [-0.39, 0.29) is 11.6 Å². The first-order valence-corrected chi connectivity index (χ1v) is 8.10. The Morgan fingerprint density at radius 3 is 2.50 bits per heavy atom. The Labute approximate surface area is 129 Å². The zero-order valence-electron chi connectivity index (χ0n) is 12.5. The molecule has 0 amide bonds. The Bertz CT molecular complexity index is 421. The first-order chi connectivity index (χ1) is 9.45. The van der Waals surface area contributed by atoms with Gasteiger partial charge >= 0.3 is 0 Å². The highest BCUT2D eigenvalue weighted by atomic mass is 79.9. The first-order valence-electron chi connectivity index (χ1n) is 7.31. The number of halogens is 3. The number of rotatable bonds is 8. The highest BCUT2D eigenvalue weighted by Gasteiger charge is 2.17. The van der Waals surface area contributed by atoms with Crippen molar-refractivity contribution in [1.29, 1.82) is 0 Å². The van der Waals surface area contributed by atoms with E-state index in [1.165, 1.54) is 12.1 Å². The third-order valence-electron chi connectivity index (χ3n) is 3.36. The van der Waals surface area contributed by atoms with E-state index in [1.807, 2.05) is 0 Å². The molecule has 0 saturated heterocycles. The van der Waals surface area contributed by atoms with Crippen molar-refractivity contribution in [2.75, 3.05) is 6.54 Å². The molecule has 1 aromatic rings. The minimum Gasteiger partial charge on any atom is -0.314 e. The van der Waals surface area contributed by atoms with Crippen molar-refractivity contribution >= 4 is 15.9 Å². The smallest absolute Gasteiger partial charge is 0.143 e. The molecule has 1 N–H and O–H groups in total. The van der Waals surface area contributed by atoms with Crippen molar-refractivity contribution < 1.29 is 8.78 Å². The van der Waals surface area contributed by atoms with E-state index in [4.69, 9.17) is 0 Å². The van der Waals surface area contributed by atoms with E-state index >= 15 is 0 Å². The monoisotopic (exact) mass is 347 g/mol. The van der Waals surface area contributed by atoms with Gasteiger partial charge in [0.05, 0.1) is 4.47 Å². The minimum atomic E-state index is -0.474. The molecule has 0 saturated carbocycles. The normalized spacial score (nSPS) is 12.9. The zero-order chi connectivity index (χ0) is 15.1. The van der Waals surface area contributed by atoms with E-state index < -0.39 is 11.6 Å². The van der Waals surface area contributed by atoms with Gasteiger partial charge in [-0.1, -0.05) is 20.8 Å². The minimum absolute atomic E-state index is 0.121. The van der Waals surface area contributed by atoms with Gasteiger partial charge in [0.1, 0.15) is 11.6 Å². The van der Waals surface area contributed by atoms with Crippen LogP contribution in [0, 0.1) is 17.6 Å². The Kier molecular flexibility index (Phi) is 7.67. The molecule has 1 atom stereocenters. The van der Waals surface area contributed by atoms with Crippen LogP contribution in [0.5, 0.6) is 0 Å². The lowest BCUT2D eigenvalue weighted by Gasteiger charge is -2.20. The fourth-order valence-electron chi connectivity index (χ4n) is 2.16. The molecule has 114 valence electrons. The van der Waals surface area contributed by atoms with Gasteiger partial charge in [-0.15, -0.1) is 0 Å². The zero-order valence-corrected chi connectivity index (χ0v) is 14.1. The van der Waals surface area contributed by atoms with Crippen molar-refractivity contribution in [3.63, 3.8) is 0 Å². The molecule has 0 aliphatic rings. The van der Waals surface area contributed by atoms with Crippen LogP contribution in [0.4, 0.5) is 8.78 Å². The maximum atomic E-state index is 14.0. The molecule has 4 heteroatoms. The van der Waals surface area contributed by atoms with E-state index in [0.717, 1.165) is 25.8 Å². The summed E-state index contributed by atoms with van der Waals surface area (Å²) in [5, 5.41) is 3.40. The Morgan fingerprint density at radius 2 is 1.90 bits per heavy atom. The van der Waals surface area contributed by atoms with Crippen molar-refractivity contribution in [3.05, 3.63) is 33.8 Å². The Hall–Kier alpha value is -0.480. The molecule has 1 unspecified atom stereocenters. The topological polar surface area (TPSA) is 12.0 Å². The summed E-state index contributed by atoms with van der Waals surface area (Å²) in [5.74, 6) is -0.338. The summed E-state index contributed by atoms with van der Waals surface area (Å²) in [6, 6.07) is 2.86. The molecule has 0 aliphatic heterocycles. The van der Waals surface area contributed by atoms with Crippen molar-refractivity contribution in [2.45, 2.75) is 52.5 Å². The van der Waals surface area contributed by atoms with Crippen LogP contribution < -0.4 is 5.32 Å². The van der Waals surface area contributed by atoms with Crippen LogP contribution in [0.2, 0.25) is 0 Å². The number of benzene rings is 1. The molecule has 0 aromatic heterocycles. The maximum absolute atomic E-state index is 14.0. The largest absolute Gasteiger partial charge is 0.314 e. The van der Waals surface area contributed by atoms with Gasteiger partial charge in [-0.05, 0) is 66.2 Å². The van der Waals surface area contributed by atoms with Crippen molar-refractivity contribution in [2.24, 2.45) is 5.92 Å². The Balaban J connectivity index is 2.80. The molecule has 1 nitrogen and oxygen atoms in total. The van der Waals surface area contributed by atoms with Crippen LogP contribution in [-0.4, -0.2) is 12.6 Å². The van der Waals surface area contributed by atoms with Crippen LogP contribution in [0.25, 0.3) is 0 Å². The van der Waals surface area contributed by atoms with Gasteiger partial charge in [-0.2, -0.15) is 0 Å². The summed E-state index contributed by atoms with van der Waals surface area (Å²) in [6.45, 7) is 7.29. The van der Waals surface area contributed by atoms with E-state index in [9.17, 15) is 8.78 Å². The number of hydrogen-bond acceptors (Lipinski definition) is 1. The molecule has 1 aromatic carbocycles. The van der Waals surface area contributed by atoms with Gasteiger partial charge in [-0.25, -0.2) is 8.78 Å². The standard InChI is InChI=1S/C16H24BrF2N/c1-4-9-20-12(6-5-11(2)3)10-13-15(18)8-7-14(17)16(13)19/h7-8,11-12,20H,4-6,9-10H2,1-3H3. The van der Waals surface area contributed by atoms with Crippen molar-refractivity contribution in [1.82, 2.24) is 5.32 Å². The molecule has 0 heterocycles. The summed E-state index contributed by atoms with van der Waals surface area (Å²) < 4.78 is 28.2. The predicted molar refractivity (Wildman–Crippen MR) is 83.9 cm³/mol. The van der Waals surface area contributed by atoms with Crippen molar-refractivity contribution in [3.8, 4) is 0 Å². The summed E-state index contributed by atoms with van der Waals surface area (Å²) >= 11 is 3.12. The second-order valence-corrected chi connectivity index (χ2v) is 6.50. The second kappa shape index (κ2) is 8.73. The average Bonchev–Trinajstić information content (AvgIpc) is 2.41.